The number of carbonyl (C=O) groups is 1. The van der Waals surface area contributed by atoms with Crippen LogP contribution in [0.15, 0.2) is 27.3 Å². The van der Waals surface area contributed by atoms with Gasteiger partial charge in [-0.2, -0.15) is 14.6 Å². The average Bonchev–Trinajstić information content (AvgIpc) is 3.04. The summed E-state index contributed by atoms with van der Waals surface area (Å²) in [7, 11) is 0. The van der Waals surface area contributed by atoms with Crippen molar-refractivity contribution in [2.45, 2.75) is 12.1 Å². The Morgan fingerprint density at radius 2 is 2.40 bits per heavy atom. The molecule has 0 unspecified atom stereocenters. The number of carbonyl (C=O) groups excluding carboxylic acids is 1. The molecule has 8 heteroatoms. The first-order chi connectivity index (χ1) is 9.62. The molecule has 6 nitrogen and oxygen atoms in total. The van der Waals surface area contributed by atoms with Gasteiger partial charge in [0.25, 0.3) is 5.91 Å². The van der Waals surface area contributed by atoms with E-state index in [0.717, 1.165) is 11.5 Å². The summed E-state index contributed by atoms with van der Waals surface area (Å²) in [5, 5.41) is 12.5. The van der Waals surface area contributed by atoms with Gasteiger partial charge in [0.1, 0.15) is 23.2 Å². The Bertz CT molecular complexity index is 696. The van der Waals surface area contributed by atoms with Crippen molar-refractivity contribution >= 4 is 40.4 Å². The summed E-state index contributed by atoms with van der Waals surface area (Å²) in [5.74, 6) is 0.629. The van der Waals surface area contributed by atoms with Crippen LogP contribution in [0, 0.1) is 18.3 Å². The van der Waals surface area contributed by atoms with Gasteiger partial charge in [-0.3, -0.25) is 10.1 Å². The van der Waals surface area contributed by atoms with E-state index in [0.29, 0.717) is 21.8 Å². The summed E-state index contributed by atoms with van der Waals surface area (Å²) in [6.45, 7) is 1.79. The van der Waals surface area contributed by atoms with Crippen LogP contribution in [0.2, 0.25) is 0 Å². The third-order valence-electron chi connectivity index (χ3n) is 2.22. The molecule has 0 aliphatic rings. The number of furan rings is 1. The molecule has 0 aliphatic heterocycles. The number of nitrogens with zero attached hydrogens (tertiary/aromatic N) is 3. The highest BCUT2D eigenvalue weighted by Gasteiger charge is 2.13. The Hall–Kier alpha value is -2.11. The quantitative estimate of drug-likeness (QED) is 0.530. The third kappa shape index (κ3) is 3.46. The maximum absolute atomic E-state index is 11.9. The van der Waals surface area contributed by atoms with Crippen molar-refractivity contribution < 1.29 is 9.21 Å². The Kier molecular flexibility index (Phi) is 4.55. The van der Waals surface area contributed by atoms with Gasteiger partial charge in [-0.1, -0.05) is 11.8 Å². The second-order valence-corrected chi connectivity index (χ2v) is 5.18. The first-order valence-corrected chi connectivity index (χ1v) is 7.49. The van der Waals surface area contributed by atoms with E-state index in [4.69, 9.17) is 9.68 Å². The maximum atomic E-state index is 11.9. The molecule has 1 N–H and O–H groups in total. The summed E-state index contributed by atoms with van der Waals surface area (Å²) in [4.78, 5) is 16.0. The molecule has 2 rings (SSSR count). The fourth-order valence-corrected chi connectivity index (χ4v) is 2.45. The summed E-state index contributed by atoms with van der Waals surface area (Å²) >= 11 is 2.45. The molecule has 0 spiro atoms. The fraction of sp³-hybridized carbons (Fsp3) is 0.167. The van der Waals surface area contributed by atoms with Crippen LogP contribution in [0.5, 0.6) is 0 Å². The lowest BCUT2D eigenvalue weighted by Crippen LogP contribution is -2.13. The Morgan fingerprint density at radius 3 is 2.95 bits per heavy atom. The number of aryl methyl sites for hydroxylation is 1. The summed E-state index contributed by atoms with van der Waals surface area (Å²) < 4.78 is 9.32. The molecule has 2 heterocycles. The van der Waals surface area contributed by atoms with E-state index in [9.17, 15) is 4.79 Å². The highest BCUT2D eigenvalue weighted by molar-refractivity contribution is 7.98. The Labute approximate surface area is 123 Å². The summed E-state index contributed by atoms with van der Waals surface area (Å²) in [6, 6.07) is 5.29. The van der Waals surface area contributed by atoms with Crippen LogP contribution in [-0.4, -0.2) is 21.5 Å². The van der Waals surface area contributed by atoms with Crippen molar-refractivity contribution in [3.05, 3.63) is 29.2 Å². The molecule has 1 amide bonds. The number of nitriles is 1. The molecule has 0 saturated carbocycles. The monoisotopic (exact) mass is 306 g/mol. The van der Waals surface area contributed by atoms with Gasteiger partial charge in [-0.15, -0.1) is 0 Å². The average molecular weight is 306 g/mol. The topological polar surface area (TPSA) is 91.8 Å². The van der Waals surface area contributed by atoms with E-state index in [1.807, 2.05) is 12.3 Å². The number of thioether (sulfide) groups is 1. The molecular formula is C12H10N4O2S2. The van der Waals surface area contributed by atoms with Crippen LogP contribution in [0.1, 0.15) is 11.5 Å². The number of amides is 1. The van der Waals surface area contributed by atoms with Crippen molar-refractivity contribution in [3.63, 3.8) is 0 Å². The predicted molar refractivity (Wildman–Crippen MR) is 77.4 cm³/mol. The molecule has 102 valence electrons. The van der Waals surface area contributed by atoms with E-state index in [1.54, 1.807) is 19.1 Å². The molecule has 0 bridgehead atoms. The van der Waals surface area contributed by atoms with Gasteiger partial charge < -0.3 is 4.42 Å². The van der Waals surface area contributed by atoms with Crippen LogP contribution >= 0.6 is 23.3 Å². The van der Waals surface area contributed by atoms with Crippen molar-refractivity contribution in [1.82, 2.24) is 9.36 Å². The van der Waals surface area contributed by atoms with Crippen molar-refractivity contribution in [2.24, 2.45) is 0 Å². The largest absolute Gasteiger partial charge is 0.462 e. The normalized spacial score (nSPS) is 11.2. The minimum Gasteiger partial charge on any atom is -0.462 e. The summed E-state index contributed by atoms with van der Waals surface area (Å²) in [5.41, 5.74) is -0.0553. The molecule has 0 aliphatic carbocycles. The SMILES string of the molecule is CSc1nsc(NC(=O)C(C#N)=Cc2ccc(C)o2)n1. The minimum absolute atomic E-state index is 0.0553. The van der Waals surface area contributed by atoms with E-state index in [-0.39, 0.29) is 5.57 Å². The predicted octanol–water partition coefficient (Wildman–Crippen LogP) is 2.71. The van der Waals surface area contributed by atoms with E-state index < -0.39 is 5.91 Å². The minimum atomic E-state index is -0.537. The standard InChI is InChI=1S/C12H10N4O2S2/c1-7-3-4-9(18-7)5-8(6-13)10(17)14-11-15-12(19-2)16-20-11/h3-5H,1-2H3,(H,14,15,16,17). The molecule has 0 aromatic carbocycles. The van der Waals surface area contributed by atoms with Crippen LogP contribution in [-0.2, 0) is 4.79 Å². The smallest absolute Gasteiger partial charge is 0.268 e. The molecule has 0 atom stereocenters. The van der Waals surface area contributed by atoms with Gasteiger partial charge >= 0.3 is 0 Å². The van der Waals surface area contributed by atoms with Crippen LogP contribution in [0.25, 0.3) is 6.08 Å². The highest BCUT2D eigenvalue weighted by Crippen LogP contribution is 2.18. The van der Waals surface area contributed by atoms with E-state index in [1.165, 1.54) is 17.8 Å². The lowest BCUT2D eigenvalue weighted by molar-refractivity contribution is -0.112. The van der Waals surface area contributed by atoms with Gasteiger partial charge in [-0.25, -0.2) is 0 Å². The number of hydrogen-bond donors (Lipinski definition) is 1. The molecule has 20 heavy (non-hydrogen) atoms. The molecule has 2 aromatic heterocycles. The van der Waals surface area contributed by atoms with E-state index in [2.05, 4.69) is 14.7 Å². The zero-order chi connectivity index (χ0) is 14.5. The maximum Gasteiger partial charge on any atom is 0.268 e. The first-order valence-electron chi connectivity index (χ1n) is 5.49. The molecular weight excluding hydrogens is 296 g/mol. The Morgan fingerprint density at radius 1 is 1.60 bits per heavy atom. The Balaban J connectivity index is 2.13. The number of anilines is 1. The van der Waals surface area contributed by atoms with Crippen molar-refractivity contribution in [1.29, 1.82) is 5.26 Å². The fourth-order valence-electron chi connectivity index (χ4n) is 1.33. The zero-order valence-corrected chi connectivity index (χ0v) is 12.3. The van der Waals surface area contributed by atoms with Gasteiger partial charge in [0.15, 0.2) is 0 Å². The van der Waals surface area contributed by atoms with E-state index >= 15 is 0 Å². The second-order valence-electron chi connectivity index (χ2n) is 3.66. The summed E-state index contributed by atoms with van der Waals surface area (Å²) in [6.07, 6.45) is 3.23. The van der Waals surface area contributed by atoms with Crippen molar-refractivity contribution in [2.75, 3.05) is 11.6 Å². The number of hydrogen-bond acceptors (Lipinski definition) is 7. The van der Waals surface area contributed by atoms with Gasteiger partial charge in [-0.05, 0) is 25.3 Å². The van der Waals surface area contributed by atoms with Crippen LogP contribution in [0.4, 0.5) is 5.13 Å². The first kappa shape index (κ1) is 14.3. The van der Waals surface area contributed by atoms with Gasteiger partial charge in [0.05, 0.1) is 0 Å². The molecule has 0 saturated heterocycles. The number of nitrogens with one attached hydrogen (secondary N) is 1. The number of rotatable bonds is 4. The molecule has 0 fully saturated rings. The van der Waals surface area contributed by atoms with Crippen molar-refractivity contribution in [3.8, 4) is 6.07 Å². The number of aromatic nitrogens is 2. The second kappa shape index (κ2) is 6.36. The highest BCUT2D eigenvalue weighted by atomic mass is 32.2. The molecule has 2 aromatic rings. The lowest BCUT2D eigenvalue weighted by atomic mass is 10.2. The van der Waals surface area contributed by atoms with Gasteiger partial charge in [0.2, 0.25) is 10.3 Å². The lowest BCUT2D eigenvalue weighted by Gasteiger charge is -1.98. The zero-order valence-electron chi connectivity index (χ0n) is 10.7. The molecule has 0 radical (unpaired) electrons. The van der Waals surface area contributed by atoms with Gasteiger partial charge in [0, 0.05) is 17.6 Å². The van der Waals surface area contributed by atoms with Crippen LogP contribution < -0.4 is 5.32 Å². The van der Waals surface area contributed by atoms with Crippen LogP contribution in [0.3, 0.4) is 0 Å². The third-order valence-corrected chi connectivity index (χ3v) is 3.52.